The fourth-order valence-corrected chi connectivity index (χ4v) is 1.63. The van der Waals surface area contributed by atoms with Crippen LogP contribution in [0.25, 0.3) is 0 Å². The van der Waals surface area contributed by atoms with Crippen LogP contribution in [0.15, 0.2) is 12.1 Å². The van der Waals surface area contributed by atoms with E-state index in [4.69, 9.17) is 28.9 Å². The summed E-state index contributed by atoms with van der Waals surface area (Å²) in [5.41, 5.74) is 6.20. The molecule has 0 aromatic heterocycles. The van der Waals surface area contributed by atoms with Crippen LogP contribution in [0.1, 0.15) is 10.4 Å². The Labute approximate surface area is 94.1 Å². The molecule has 0 aliphatic heterocycles. The SMILES string of the molecule is Nc1cc(Cl)cc(C(=O)CBr)c1Cl. The van der Waals surface area contributed by atoms with Gasteiger partial charge in [0.1, 0.15) is 0 Å². The van der Waals surface area contributed by atoms with Crippen LogP contribution < -0.4 is 5.73 Å². The Bertz CT molecular complexity index is 354. The number of hydrogen-bond acceptors (Lipinski definition) is 2. The zero-order valence-electron chi connectivity index (χ0n) is 6.48. The van der Waals surface area contributed by atoms with Crippen LogP contribution in [0.4, 0.5) is 5.69 Å². The Balaban J connectivity index is 3.28. The minimum absolute atomic E-state index is 0.140. The summed E-state index contributed by atoms with van der Waals surface area (Å²) in [5, 5.41) is 0.868. The molecule has 1 aromatic carbocycles. The predicted molar refractivity (Wildman–Crippen MR) is 59.0 cm³/mol. The third kappa shape index (κ3) is 2.36. The highest BCUT2D eigenvalue weighted by molar-refractivity contribution is 9.09. The molecule has 0 aliphatic rings. The molecule has 0 atom stereocenters. The number of ketones is 1. The van der Waals surface area contributed by atoms with Crippen molar-refractivity contribution in [2.45, 2.75) is 0 Å². The van der Waals surface area contributed by atoms with Crippen molar-refractivity contribution in [3.05, 3.63) is 27.7 Å². The molecule has 1 aromatic rings. The van der Waals surface area contributed by atoms with Crippen molar-refractivity contribution in [3.63, 3.8) is 0 Å². The monoisotopic (exact) mass is 281 g/mol. The number of Topliss-reactive ketones (excluding diaryl/α,β-unsaturated/α-hetero) is 1. The minimum Gasteiger partial charge on any atom is -0.397 e. The largest absolute Gasteiger partial charge is 0.397 e. The number of nitrogen functional groups attached to an aromatic ring is 1. The van der Waals surface area contributed by atoms with E-state index in [1.54, 1.807) is 0 Å². The van der Waals surface area contributed by atoms with Gasteiger partial charge in [-0.05, 0) is 12.1 Å². The molecule has 13 heavy (non-hydrogen) atoms. The van der Waals surface area contributed by atoms with Gasteiger partial charge >= 0.3 is 0 Å². The van der Waals surface area contributed by atoms with E-state index in [1.165, 1.54) is 12.1 Å². The van der Waals surface area contributed by atoms with E-state index in [0.29, 0.717) is 16.3 Å². The molecule has 5 heteroatoms. The van der Waals surface area contributed by atoms with Crippen LogP contribution in [0, 0.1) is 0 Å². The van der Waals surface area contributed by atoms with E-state index in [2.05, 4.69) is 15.9 Å². The van der Waals surface area contributed by atoms with Gasteiger partial charge in [-0.2, -0.15) is 0 Å². The Hall–Kier alpha value is -0.250. The van der Waals surface area contributed by atoms with Gasteiger partial charge < -0.3 is 5.73 Å². The number of alkyl halides is 1. The Morgan fingerprint density at radius 3 is 2.62 bits per heavy atom. The zero-order chi connectivity index (χ0) is 10.0. The molecular formula is C8H6BrCl2NO. The molecule has 0 radical (unpaired) electrons. The third-order valence-electron chi connectivity index (χ3n) is 1.49. The zero-order valence-corrected chi connectivity index (χ0v) is 9.58. The van der Waals surface area contributed by atoms with Crippen LogP contribution in [0.3, 0.4) is 0 Å². The van der Waals surface area contributed by atoms with E-state index >= 15 is 0 Å². The molecule has 0 saturated carbocycles. The Kier molecular flexibility index (Phi) is 3.59. The summed E-state index contributed by atoms with van der Waals surface area (Å²) in [6.07, 6.45) is 0. The number of hydrogen-bond donors (Lipinski definition) is 1. The maximum Gasteiger partial charge on any atom is 0.175 e. The third-order valence-corrected chi connectivity index (χ3v) is 2.64. The molecule has 1 rings (SSSR count). The lowest BCUT2D eigenvalue weighted by Gasteiger charge is -2.04. The van der Waals surface area contributed by atoms with E-state index in [1.807, 2.05) is 0 Å². The smallest absolute Gasteiger partial charge is 0.175 e. The van der Waals surface area contributed by atoms with Crippen LogP contribution >= 0.6 is 39.1 Å². The first-order valence-corrected chi connectivity index (χ1v) is 5.27. The molecule has 2 N–H and O–H groups in total. The van der Waals surface area contributed by atoms with E-state index in [-0.39, 0.29) is 16.1 Å². The van der Waals surface area contributed by atoms with Gasteiger partial charge in [0.25, 0.3) is 0 Å². The lowest BCUT2D eigenvalue weighted by molar-refractivity contribution is 0.102. The van der Waals surface area contributed by atoms with Gasteiger partial charge in [-0.1, -0.05) is 39.1 Å². The Morgan fingerprint density at radius 1 is 1.46 bits per heavy atom. The second-order valence-electron chi connectivity index (χ2n) is 2.41. The fourth-order valence-electron chi connectivity index (χ4n) is 0.885. The molecule has 0 saturated heterocycles. The summed E-state index contributed by atoms with van der Waals surface area (Å²) in [5.74, 6) is -0.140. The molecule has 0 unspecified atom stereocenters. The summed E-state index contributed by atoms with van der Waals surface area (Å²) in [6.45, 7) is 0. The molecule has 0 fully saturated rings. The van der Waals surface area contributed by atoms with Crippen LogP contribution in [0.5, 0.6) is 0 Å². The number of carbonyl (C=O) groups is 1. The summed E-state index contributed by atoms with van der Waals surface area (Å²) < 4.78 is 0. The molecule has 70 valence electrons. The fraction of sp³-hybridized carbons (Fsp3) is 0.125. The number of rotatable bonds is 2. The summed E-state index contributed by atoms with van der Waals surface area (Å²) >= 11 is 14.6. The van der Waals surface area contributed by atoms with Crippen LogP contribution in [-0.2, 0) is 0 Å². The molecule has 0 amide bonds. The molecule has 0 aliphatic carbocycles. The van der Waals surface area contributed by atoms with E-state index in [0.717, 1.165) is 0 Å². The van der Waals surface area contributed by atoms with Gasteiger partial charge in [0.15, 0.2) is 5.78 Å². The highest BCUT2D eigenvalue weighted by Gasteiger charge is 2.12. The number of carbonyl (C=O) groups excluding carboxylic acids is 1. The van der Waals surface area contributed by atoms with E-state index in [9.17, 15) is 4.79 Å². The maximum atomic E-state index is 11.3. The molecule has 0 bridgehead atoms. The van der Waals surface area contributed by atoms with Crippen molar-refractivity contribution >= 4 is 50.6 Å². The van der Waals surface area contributed by atoms with Gasteiger partial charge in [0.05, 0.1) is 16.0 Å². The van der Waals surface area contributed by atoms with Crippen molar-refractivity contribution in [1.29, 1.82) is 0 Å². The summed E-state index contributed by atoms with van der Waals surface area (Å²) in [6, 6.07) is 3.01. The first kappa shape index (κ1) is 10.8. The van der Waals surface area contributed by atoms with Gasteiger partial charge in [-0.25, -0.2) is 0 Å². The van der Waals surface area contributed by atoms with Gasteiger partial charge in [0, 0.05) is 10.6 Å². The first-order chi connectivity index (χ1) is 6.06. The lowest BCUT2D eigenvalue weighted by Crippen LogP contribution is -2.02. The summed E-state index contributed by atoms with van der Waals surface area (Å²) in [7, 11) is 0. The number of benzene rings is 1. The summed E-state index contributed by atoms with van der Waals surface area (Å²) in [4.78, 5) is 11.3. The van der Waals surface area contributed by atoms with Crippen molar-refractivity contribution in [3.8, 4) is 0 Å². The maximum absolute atomic E-state index is 11.3. The second-order valence-corrected chi connectivity index (χ2v) is 3.79. The molecule has 2 nitrogen and oxygen atoms in total. The standard InChI is InChI=1S/C8H6BrCl2NO/c9-3-7(13)5-1-4(10)2-6(12)8(5)11/h1-2H,3,12H2. The minimum atomic E-state index is -0.140. The predicted octanol–water partition coefficient (Wildman–Crippen LogP) is 3.15. The number of nitrogens with two attached hydrogens (primary N) is 1. The average molecular weight is 283 g/mol. The topological polar surface area (TPSA) is 43.1 Å². The average Bonchev–Trinajstić information content (AvgIpc) is 2.10. The molecule has 0 heterocycles. The van der Waals surface area contributed by atoms with Crippen molar-refractivity contribution in [2.24, 2.45) is 0 Å². The number of anilines is 1. The quantitative estimate of drug-likeness (QED) is 0.514. The van der Waals surface area contributed by atoms with Crippen LogP contribution in [0.2, 0.25) is 10.0 Å². The van der Waals surface area contributed by atoms with Crippen molar-refractivity contribution < 1.29 is 4.79 Å². The Morgan fingerprint density at radius 2 is 2.08 bits per heavy atom. The highest BCUT2D eigenvalue weighted by atomic mass is 79.9. The van der Waals surface area contributed by atoms with Crippen LogP contribution in [-0.4, -0.2) is 11.1 Å². The van der Waals surface area contributed by atoms with Gasteiger partial charge in [-0.3, -0.25) is 4.79 Å². The van der Waals surface area contributed by atoms with Crippen molar-refractivity contribution in [2.75, 3.05) is 11.1 Å². The highest BCUT2D eigenvalue weighted by Crippen LogP contribution is 2.28. The molecular weight excluding hydrogens is 277 g/mol. The van der Waals surface area contributed by atoms with Crippen molar-refractivity contribution in [1.82, 2.24) is 0 Å². The number of halogens is 3. The van der Waals surface area contributed by atoms with Gasteiger partial charge in [-0.15, -0.1) is 0 Å². The van der Waals surface area contributed by atoms with E-state index < -0.39 is 0 Å². The first-order valence-electron chi connectivity index (χ1n) is 3.40. The normalized spacial score (nSPS) is 10.1. The lowest BCUT2D eigenvalue weighted by atomic mass is 10.1. The second kappa shape index (κ2) is 4.31. The molecule has 0 spiro atoms. The van der Waals surface area contributed by atoms with Gasteiger partial charge in [0.2, 0.25) is 0 Å².